The van der Waals surface area contributed by atoms with Crippen molar-refractivity contribution in [3.8, 4) is 11.6 Å². The molecule has 0 saturated heterocycles. The van der Waals surface area contributed by atoms with Gasteiger partial charge in [0.05, 0.1) is 11.1 Å². The van der Waals surface area contributed by atoms with Crippen molar-refractivity contribution in [3.63, 3.8) is 0 Å². The number of hydrogen-bond donors (Lipinski definition) is 0. The lowest BCUT2D eigenvalue weighted by Gasteiger charge is -2.36. The van der Waals surface area contributed by atoms with E-state index in [1.54, 1.807) is 6.07 Å². The van der Waals surface area contributed by atoms with E-state index in [9.17, 15) is 13.6 Å². The highest BCUT2D eigenvalue weighted by molar-refractivity contribution is 5.66. The molecule has 1 aromatic heterocycles. The molecule has 0 radical (unpaired) electrons. The first-order valence-corrected chi connectivity index (χ1v) is 8.89. The Balaban J connectivity index is 1.72. The molecule has 0 amide bonds. The van der Waals surface area contributed by atoms with E-state index in [1.165, 1.54) is 13.0 Å². The maximum atomic E-state index is 13.9. The second-order valence-electron chi connectivity index (χ2n) is 7.81. The lowest BCUT2D eigenvalue weighted by Crippen LogP contribution is -2.40. The molecule has 142 valence electrons. The summed E-state index contributed by atoms with van der Waals surface area (Å²) in [6, 6.07) is 5.22. The topological polar surface area (TPSA) is 61.3 Å². The van der Waals surface area contributed by atoms with Crippen molar-refractivity contribution in [2.75, 3.05) is 6.61 Å². The molecule has 2 aliphatic carbocycles. The Labute approximate surface area is 155 Å². The monoisotopic (exact) mass is 374 g/mol. The highest BCUT2D eigenvalue weighted by Gasteiger charge is 2.64. The Morgan fingerprint density at radius 2 is 1.96 bits per heavy atom. The molecule has 2 aliphatic rings. The molecule has 0 N–H and O–H groups in total. The first-order chi connectivity index (χ1) is 12.8. The molecule has 1 heterocycles. The first-order valence-electron chi connectivity index (χ1n) is 8.89. The maximum Gasteiger partial charge on any atom is 0.302 e. The zero-order valence-corrected chi connectivity index (χ0v) is 15.4. The Kier molecular flexibility index (Phi) is 3.94. The quantitative estimate of drug-likeness (QED) is 0.748. The number of halogens is 2. The van der Waals surface area contributed by atoms with Crippen LogP contribution in [0, 0.1) is 17.0 Å². The van der Waals surface area contributed by atoms with Gasteiger partial charge in [0.1, 0.15) is 6.61 Å². The molecule has 0 spiro atoms. The molecular weight excluding hydrogens is 354 g/mol. The molecule has 0 aliphatic heterocycles. The van der Waals surface area contributed by atoms with Crippen molar-refractivity contribution in [1.29, 1.82) is 0 Å². The number of carbonyl (C=O) groups excluding carboxylic acids is 1. The Bertz CT molecular complexity index is 911. The van der Waals surface area contributed by atoms with Gasteiger partial charge in [-0.15, -0.1) is 5.10 Å². The van der Waals surface area contributed by atoms with Crippen molar-refractivity contribution < 1.29 is 23.0 Å². The molecule has 2 bridgehead atoms. The largest absolute Gasteiger partial charge is 0.465 e. The molecule has 27 heavy (non-hydrogen) atoms. The smallest absolute Gasteiger partial charge is 0.302 e. The summed E-state index contributed by atoms with van der Waals surface area (Å²) in [6.45, 7) is 5.90. The number of nitrogens with zero attached hydrogens (tertiary/aromatic N) is 2. The number of ether oxygens (including phenoxy) is 2. The van der Waals surface area contributed by atoms with E-state index in [2.05, 4.69) is 24.0 Å². The van der Waals surface area contributed by atoms with E-state index >= 15 is 0 Å². The van der Waals surface area contributed by atoms with E-state index in [-0.39, 0.29) is 29.8 Å². The lowest BCUT2D eigenvalue weighted by atomic mass is 9.69. The molecule has 1 saturated carbocycles. The van der Waals surface area contributed by atoms with E-state index in [4.69, 9.17) is 9.47 Å². The number of fused-ring (bicyclic) bond motifs is 5. The number of aromatic nitrogens is 2. The van der Waals surface area contributed by atoms with Crippen LogP contribution in [0.2, 0.25) is 0 Å². The lowest BCUT2D eigenvalue weighted by molar-refractivity contribution is -0.144. The van der Waals surface area contributed by atoms with Gasteiger partial charge in [-0.1, -0.05) is 19.9 Å². The van der Waals surface area contributed by atoms with Gasteiger partial charge in [0.15, 0.2) is 11.6 Å². The fourth-order valence-corrected chi connectivity index (χ4v) is 4.69. The van der Waals surface area contributed by atoms with Crippen molar-refractivity contribution >= 4 is 5.97 Å². The average molecular weight is 374 g/mol. The van der Waals surface area contributed by atoms with Gasteiger partial charge in [-0.25, -0.2) is 8.78 Å². The molecule has 1 aromatic carbocycles. The van der Waals surface area contributed by atoms with Gasteiger partial charge in [-0.3, -0.25) is 4.79 Å². The van der Waals surface area contributed by atoms with E-state index < -0.39 is 22.8 Å². The van der Waals surface area contributed by atoms with Crippen LogP contribution in [-0.4, -0.2) is 22.8 Å². The van der Waals surface area contributed by atoms with Gasteiger partial charge in [-0.05, 0) is 41.9 Å². The second-order valence-corrected chi connectivity index (χ2v) is 7.81. The summed E-state index contributed by atoms with van der Waals surface area (Å²) >= 11 is 0. The molecule has 1 fully saturated rings. The standard InChI is InChI=1S/C20H20F2N2O3/c1-11(25)26-10-20-8-7-13(19(20,2)3)12-9-16(23-24-18(12)20)27-17-14(21)5-4-6-15(17)22/h4-6,9,13H,7-8,10H2,1-3H3. The fourth-order valence-electron chi connectivity index (χ4n) is 4.69. The Morgan fingerprint density at radius 3 is 2.63 bits per heavy atom. The van der Waals surface area contributed by atoms with Crippen molar-refractivity contribution in [2.45, 2.75) is 44.9 Å². The summed E-state index contributed by atoms with van der Waals surface area (Å²) in [7, 11) is 0. The van der Waals surface area contributed by atoms with Gasteiger partial charge in [0, 0.05) is 13.0 Å². The van der Waals surface area contributed by atoms with Crippen molar-refractivity contribution in [1.82, 2.24) is 10.2 Å². The summed E-state index contributed by atoms with van der Waals surface area (Å²) in [5.41, 5.74) is 1.14. The summed E-state index contributed by atoms with van der Waals surface area (Å²) in [5, 5.41) is 8.37. The van der Waals surface area contributed by atoms with Crippen LogP contribution in [0.4, 0.5) is 8.78 Å². The second kappa shape index (κ2) is 5.97. The predicted octanol–water partition coefficient (Wildman–Crippen LogP) is 4.27. The van der Waals surface area contributed by atoms with Crippen molar-refractivity contribution in [3.05, 3.63) is 47.2 Å². The van der Waals surface area contributed by atoms with E-state index in [0.29, 0.717) is 0 Å². The molecular formula is C20H20F2N2O3. The third-order valence-corrected chi connectivity index (χ3v) is 6.24. The van der Waals surface area contributed by atoms with E-state index in [0.717, 1.165) is 36.2 Å². The van der Waals surface area contributed by atoms with Gasteiger partial charge < -0.3 is 9.47 Å². The molecule has 2 unspecified atom stereocenters. The van der Waals surface area contributed by atoms with Crippen LogP contribution in [0.25, 0.3) is 0 Å². The third-order valence-electron chi connectivity index (χ3n) is 6.24. The number of hydrogen-bond acceptors (Lipinski definition) is 5. The Morgan fingerprint density at radius 1 is 1.26 bits per heavy atom. The number of para-hydroxylation sites is 1. The highest BCUT2D eigenvalue weighted by Crippen LogP contribution is 2.67. The number of rotatable bonds is 4. The van der Waals surface area contributed by atoms with Gasteiger partial charge >= 0.3 is 5.97 Å². The van der Waals surface area contributed by atoms with Crippen LogP contribution < -0.4 is 4.74 Å². The number of benzene rings is 1. The summed E-state index contributed by atoms with van der Waals surface area (Å²) < 4.78 is 38.4. The maximum absolute atomic E-state index is 13.9. The Hall–Kier alpha value is -2.57. The summed E-state index contributed by atoms with van der Waals surface area (Å²) in [5.74, 6) is -2.20. The molecule has 4 rings (SSSR count). The number of esters is 1. The molecule has 7 heteroatoms. The predicted molar refractivity (Wildman–Crippen MR) is 92.5 cm³/mol. The summed E-state index contributed by atoms with van der Waals surface area (Å²) in [4.78, 5) is 11.4. The first kappa shape index (κ1) is 17.8. The van der Waals surface area contributed by atoms with Crippen LogP contribution in [0.1, 0.15) is 50.8 Å². The zero-order chi connectivity index (χ0) is 19.4. The summed E-state index contributed by atoms with van der Waals surface area (Å²) in [6.07, 6.45) is 1.77. The molecule has 5 nitrogen and oxygen atoms in total. The average Bonchev–Trinajstić information content (AvgIpc) is 2.97. The van der Waals surface area contributed by atoms with Gasteiger partial charge in [0.25, 0.3) is 0 Å². The van der Waals surface area contributed by atoms with Crippen LogP contribution in [0.3, 0.4) is 0 Å². The minimum Gasteiger partial charge on any atom is -0.465 e. The van der Waals surface area contributed by atoms with Crippen molar-refractivity contribution in [2.24, 2.45) is 5.41 Å². The minimum absolute atomic E-state index is 0.0451. The zero-order valence-electron chi connectivity index (χ0n) is 15.4. The minimum atomic E-state index is -0.800. The van der Waals surface area contributed by atoms with Crippen LogP contribution in [0.5, 0.6) is 11.6 Å². The highest BCUT2D eigenvalue weighted by atomic mass is 19.1. The van der Waals surface area contributed by atoms with Gasteiger partial charge in [-0.2, -0.15) is 5.10 Å². The van der Waals surface area contributed by atoms with Crippen LogP contribution in [0.15, 0.2) is 24.3 Å². The fraction of sp³-hybridized carbons (Fsp3) is 0.450. The number of carbonyl (C=O) groups is 1. The molecule has 2 atom stereocenters. The van der Waals surface area contributed by atoms with E-state index in [1.807, 2.05) is 0 Å². The third kappa shape index (κ3) is 2.51. The SMILES string of the molecule is CC(=O)OCC12CCC(c3cc(Oc4c(F)cccc4F)nnc31)C2(C)C. The van der Waals surface area contributed by atoms with Crippen LogP contribution in [-0.2, 0) is 14.9 Å². The van der Waals surface area contributed by atoms with Crippen LogP contribution >= 0.6 is 0 Å². The molecule has 2 aromatic rings. The normalized spacial score (nSPS) is 24.6. The van der Waals surface area contributed by atoms with Gasteiger partial charge in [0.2, 0.25) is 11.6 Å².